The third-order valence-corrected chi connectivity index (χ3v) is 4.54. The Morgan fingerprint density at radius 1 is 1.33 bits per heavy atom. The maximum absolute atomic E-state index is 12.7. The maximum Gasteiger partial charge on any atom is 0.302 e. The molecule has 1 aromatic carbocycles. The molecule has 2 aliphatic rings. The van der Waals surface area contributed by atoms with E-state index in [0.717, 1.165) is 11.3 Å². The molecule has 1 unspecified atom stereocenters. The van der Waals surface area contributed by atoms with Crippen molar-refractivity contribution in [2.75, 3.05) is 22.5 Å². The van der Waals surface area contributed by atoms with Crippen molar-refractivity contribution in [2.24, 2.45) is 5.92 Å². The number of rotatable bonds is 3. The molecule has 0 saturated carbocycles. The van der Waals surface area contributed by atoms with Crippen molar-refractivity contribution in [3.05, 3.63) is 23.8 Å². The molecular weight excluding hydrogens is 299 g/mol. The predicted octanol–water partition coefficient (Wildman–Crippen LogP) is 0.833. The van der Waals surface area contributed by atoms with Gasteiger partial charge in [0.1, 0.15) is 0 Å². The summed E-state index contributed by atoms with van der Waals surface area (Å²) < 4.78 is 34.1. The monoisotopic (exact) mass is 312 g/mol. The highest BCUT2D eigenvalue weighted by Crippen LogP contribution is 2.31. The van der Waals surface area contributed by atoms with Crippen LogP contribution < -0.4 is 10.2 Å². The Morgan fingerprint density at radius 3 is 2.81 bits per heavy atom. The minimum absolute atomic E-state index is 0.0113. The molecule has 0 spiro atoms. The summed E-state index contributed by atoms with van der Waals surface area (Å²) in [6, 6.07) is 5.13. The van der Waals surface area contributed by atoms with Crippen molar-refractivity contribution in [3.8, 4) is 0 Å². The molecule has 1 aromatic rings. The first-order valence-corrected chi connectivity index (χ1v) is 8.02. The molecule has 2 heterocycles. The van der Waals surface area contributed by atoms with Gasteiger partial charge in [-0.3, -0.25) is 9.59 Å². The number of hydrogen-bond acceptors (Lipinski definition) is 4. The Balaban J connectivity index is 1.80. The zero-order valence-electron chi connectivity index (χ0n) is 11.0. The third-order valence-electron chi connectivity index (χ3n) is 3.67. The standard InChI is InChI=1S/C13H13FN2O4S/c14-21(19,20)7-8-3-13(18)16(6-8)10-1-2-11-9(4-10)5-12(17)15-11/h1-2,4,8H,3,5-7H2,(H,15,17). The summed E-state index contributed by atoms with van der Waals surface area (Å²) in [5, 5.41) is 2.69. The molecule has 6 nitrogen and oxygen atoms in total. The lowest BCUT2D eigenvalue weighted by atomic mass is 10.1. The van der Waals surface area contributed by atoms with Gasteiger partial charge < -0.3 is 10.2 Å². The van der Waals surface area contributed by atoms with E-state index in [9.17, 15) is 21.9 Å². The number of hydrogen-bond donors (Lipinski definition) is 1. The van der Waals surface area contributed by atoms with E-state index in [1.54, 1.807) is 18.2 Å². The van der Waals surface area contributed by atoms with Crippen LogP contribution in [0.1, 0.15) is 12.0 Å². The summed E-state index contributed by atoms with van der Waals surface area (Å²) in [5.74, 6) is -1.52. The van der Waals surface area contributed by atoms with E-state index in [2.05, 4.69) is 5.32 Å². The lowest BCUT2D eigenvalue weighted by Crippen LogP contribution is -2.25. The number of carbonyl (C=O) groups is 2. The van der Waals surface area contributed by atoms with Gasteiger partial charge >= 0.3 is 10.2 Å². The number of anilines is 2. The molecule has 1 atom stereocenters. The van der Waals surface area contributed by atoms with Crippen molar-refractivity contribution < 1.29 is 21.9 Å². The fourth-order valence-corrected chi connectivity index (χ4v) is 3.59. The SMILES string of the molecule is O=C1Cc2cc(N3CC(CS(=O)(=O)F)CC3=O)ccc2N1. The highest BCUT2D eigenvalue weighted by Gasteiger charge is 2.34. The number of benzene rings is 1. The summed E-state index contributed by atoms with van der Waals surface area (Å²) in [7, 11) is -4.59. The second-order valence-electron chi connectivity index (χ2n) is 5.35. The zero-order chi connectivity index (χ0) is 15.2. The lowest BCUT2D eigenvalue weighted by molar-refractivity contribution is -0.117. The number of nitrogens with one attached hydrogen (secondary N) is 1. The van der Waals surface area contributed by atoms with Crippen LogP contribution in [0.4, 0.5) is 15.3 Å². The Kier molecular flexibility index (Phi) is 3.20. The molecule has 2 amide bonds. The summed E-state index contributed by atoms with van der Waals surface area (Å²) >= 11 is 0. The van der Waals surface area contributed by atoms with Gasteiger partial charge in [-0.05, 0) is 23.8 Å². The van der Waals surface area contributed by atoms with Crippen molar-refractivity contribution in [3.63, 3.8) is 0 Å². The minimum Gasteiger partial charge on any atom is -0.326 e. The van der Waals surface area contributed by atoms with E-state index in [1.165, 1.54) is 4.90 Å². The summed E-state index contributed by atoms with van der Waals surface area (Å²) in [6.45, 7) is 0.169. The van der Waals surface area contributed by atoms with E-state index in [-0.39, 0.29) is 31.2 Å². The van der Waals surface area contributed by atoms with E-state index >= 15 is 0 Å². The number of fused-ring (bicyclic) bond motifs is 1. The van der Waals surface area contributed by atoms with Gasteiger partial charge in [-0.1, -0.05) is 0 Å². The van der Waals surface area contributed by atoms with E-state index in [0.29, 0.717) is 5.69 Å². The van der Waals surface area contributed by atoms with Gasteiger partial charge in [0.05, 0.1) is 12.2 Å². The van der Waals surface area contributed by atoms with E-state index in [4.69, 9.17) is 0 Å². The highest BCUT2D eigenvalue weighted by molar-refractivity contribution is 7.86. The number of amides is 2. The summed E-state index contributed by atoms with van der Waals surface area (Å²) in [4.78, 5) is 24.7. The molecule has 21 heavy (non-hydrogen) atoms. The smallest absolute Gasteiger partial charge is 0.302 e. The van der Waals surface area contributed by atoms with Gasteiger partial charge in [0.15, 0.2) is 0 Å². The predicted molar refractivity (Wildman–Crippen MR) is 74.1 cm³/mol. The molecule has 2 aliphatic heterocycles. The fourth-order valence-electron chi connectivity index (χ4n) is 2.81. The zero-order valence-corrected chi connectivity index (χ0v) is 11.8. The highest BCUT2D eigenvalue weighted by atomic mass is 32.3. The van der Waals surface area contributed by atoms with Gasteiger partial charge in [-0.25, -0.2) is 0 Å². The first-order valence-electron chi connectivity index (χ1n) is 6.47. The van der Waals surface area contributed by atoms with Crippen LogP contribution in [-0.2, 0) is 26.2 Å². The number of halogens is 1. The maximum atomic E-state index is 12.7. The van der Waals surface area contributed by atoms with Gasteiger partial charge in [0.25, 0.3) is 0 Å². The van der Waals surface area contributed by atoms with Crippen LogP contribution in [0.5, 0.6) is 0 Å². The van der Waals surface area contributed by atoms with Crippen LogP contribution >= 0.6 is 0 Å². The van der Waals surface area contributed by atoms with Gasteiger partial charge in [-0.15, -0.1) is 3.89 Å². The molecule has 0 aliphatic carbocycles. The van der Waals surface area contributed by atoms with Crippen LogP contribution in [0.2, 0.25) is 0 Å². The lowest BCUT2D eigenvalue weighted by Gasteiger charge is -2.17. The van der Waals surface area contributed by atoms with Crippen molar-refractivity contribution >= 4 is 33.4 Å². The largest absolute Gasteiger partial charge is 0.326 e. The van der Waals surface area contributed by atoms with Gasteiger partial charge in [-0.2, -0.15) is 8.42 Å². The van der Waals surface area contributed by atoms with Gasteiger partial charge in [0, 0.05) is 30.3 Å². The molecule has 0 aromatic heterocycles. The Morgan fingerprint density at radius 2 is 2.10 bits per heavy atom. The first-order chi connectivity index (χ1) is 9.82. The van der Waals surface area contributed by atoms with Crippen LogP contribution in [0.25, 0.3) is 0 Å². The number of carbonyl (C=O) groups excluding carboxylic acids is 2. The molecule has 1 N–H and O–H groups in total. The van der Waals surface area contributed by atoms with Gasteiger partial charge in [0.2, 0.25) is 11.8 Å². The second-order valence-corrected chi connectivity index (χ2v) is 6.76. The van der Waals surface area contributed by atoms with Crippen LogP contribution in [0.15, 0.2) is 18.2 Å². The van der Waals surface area contributed by atoms with E-state index < -0.39 is 21.9 Å². The molecule has 1 saturated heterocycles. The van der Waals surface area contributed by atoms with Crippen LogP contribution in [0, 0.1) is 5.92 Å². The fraction of sp³-hybridized carbons (Fsp3) is 0.385. The van der Waals surface area contributed by atoms with Crippen molar-refractivity contribution in [2.45, 2.75) is 12.8 Å². The Labute approximate surface area is 121 Å². The molecule has 0 bridgehead atoms. The van der Waals surface area contributed by atoms with E-state index in [1.807, 2.05) is 0 Å². The first kappa shape index (κ1) is 14.0. The molecule has 0 radical (unpaired) electrons. The summed E-state index contributed by atoms with van der Waals surface area (Å²) in [5.41, 5.74) is 2.12. The number of nitrogens with zero attached hydrogens (tertiary/aromatic N) is 1. The normalized spacial score (nSPS) is 21.6. The molecular formula is C13H13FN2O4S. The molecule has 8 heteroatoms. The Hall–Kier alpha value is -1.96. The summed E-state index contributed by atoms with van der Waals surface area (Å²) in [6.07, 6.45) is 0.269. The van der Waals surface area contributed by atoms with Crippen LogP contribution in [-0.4, -0.2) is 32.5 Å². The molecule has 3 rings (SSSR count). The average molecular weight is 312 g/mol. The Bertz CT molecular complexity index is 732. The quantitative estimate of drug-likeness (QED) is 0.838. The topological polar surface area (TPSA) is 83.6 Å². The molecule has 112 valence electrons. The minimum atomic E-state index is -4.59. The van der Waals surface area contributed by atoms with Crippen molar-refractivity contribution in [1.82, 2.24) is 0 Å². The second kappa shape index (κ2) is 4.80. The average Bonchev–Trinajstić information content (AvgIpc) is 2.88. The van der Waals surface area contributed by atoms with Crippen LogP contribution in [0.3, 0.4) is 0 Å². The van der Waals surface area contributed by atoms with Crippen molar-refractivity contribution in [1.29, 1.82) is 0 Å². The third kappa shape index (κ3) is 2.90. The molecule has 1 fully saturated rings.